The molecule has 176 valence electrons. The summed E-state index contributed by atoms with van der Waals surface area (Å²) >= 11 is 5.89. The molecule has 1 atom stereocenters. The second-order valence-electron chi connectivity index (χ2n) is 8.22. The predicted molar refractivity (Wildman–Crippen MR) is 130 cm³/mol. The Morgan fingerprint density at radius 2 is 2.06 bits per heavy atom. The van der Waals surface area contributed by atoms with Gasteiger partial charge in [-0.25, -0.2) is 0 Å². The van der Waals surface area contributed by atoms with Crippen molar-refractivity contribution in [1.29, 1.82) is 0 Å². The van der Waals surface area contributed by atoms with Crippen LogP contribution in [0.25, 0.3) is 11.1 Å². The molecule has 3 heterocycles. The zero-order valence-electron chi connectivity index (χ0n) is 18.9. The average Bonchev–Trinajstić information content (AvgIpc) is 3.26. The molecule has 3 aromatic heterocycles. The lowest BCUT2D eigenvalue weighted by molar-refractivity contribution is 0.0949. The number of fused-ring (bicyclic) bond motifs is 1. The van der Waals surface area contributed by atoms with Crippen LogP contribution in [0.15, 0.2) is 70.3 Å². The van der Waals surface area contributed by atoms with Crippen molar-refractivity contribution in [1.82, 2.24) is 19.8 Å². The zero-order chi connectivity index (χ0) is 24.2. The van der Waals surface area contributed by atoms with Crippen molar-refractivity contribution >= 4 is 28.6 Å². The number of aliphatic hydroxyl groups is 1. The van der Waals surface area contributed by atoms with Gasteiger partial charge in [0.05, 0.1) is 18.0 Å². The van der Waals surface area contributed by atoms with Crippen LogP contribution in [-0.2, 0) is 20.1 Å². The van der Waals surface area contributed by atoms with Gasteiger partial charge in [0, 0.05) is 49.3 Å². The topological polar surface area (TPSA) is 101 Å². The number of nitrogens with zero attached hydrogens (tertiary/aromatic N) is 3. The fourth-order valence-corrected chi connectivity index (χ4v) is 3.86. The molecule has 0 spiro atoms. The lowest BCUT2D eigenvalue weighted by atomic mass is 10.1. The van der Waals surface area contributed by atoms with Crippen molar-refractivity contribution in [3.05, 3.63) is 98.8 Å². The van der Waals surface area contributed by atoms with Crippen LogP contribution in [0.2, 0.25) is 5.02 Å². The number of carbonyl (C=O) groups excluding carboxylic acids is 1. The molecule has 0 aliphatic carbocycles. The summed E-state index contributed by atoms with van der Waals surface area (Å²) < 4.78 is 7.52. The minimum absolute atomic E-state index is 0.0386. The number of aryl methyl sites for hydroxylation is 1. The average molecular weight is 481 g/mol. The summed E-state index contributed by atoms with van der Waals surface area (Å²) in [5.74, 6) is 0.0965. The number of amides is 1. The first-order valence-electron chi connectivity index (χ1n) is 10.7. The highest BCUT2D eigenvalue weighted by atomic mass is 35.5. The number of hydrogen-bond donors (Lipinski definition) is 2. The fourth-order valence-electron chi connectivity index (χ4n) is 3.74. The zero-order valence-corrected chi connectivity index (χ0v) is 19.6. The highest BCUT2D eigenvalue weighted by Gasteiger charge is 2.19. The molecule has 0 fully saturated rings. The SMILES string of the molecule is CN(Cc1cc2c(=O)c(C(=O)NCc3ccc(Cl)cc3)cn(C)c2o1)C[C@H](O)c1cccnc1. The van der Waals surface area contributed by atoms with Gasteiger partial charge in [-0.1, -0.05) is 29.8 Å². The third-order valence-electron chi connectivity index (χ3n) is 5.49. The summed E-state index contributed by atoms with van der Waals surface area (Å²) in [6.07, 6.45) is 4.06. The number of carbonyl (C=O) groups is 1. The molecule has 0 saturated carbocycles. The lowest BCUT2D eigenvalue weighted by Gasteiger charge is -2.19. The maximum absolute atomic E-state index is 13.0. The Hall–Kier alpha value is -3.46. The highest BCUT2D eigenvalue weighted by molar-refractivity contribution is 6.30. The minimum atomic E-state index is -0.704. The van der Waals surface area contributed by atoms with Gasteiger partial charge in [0.25, 0.3) is 5.91 Å². The number of benzene rings is 1. The van der Waals surface area contributed by atoms with E-state index in [1.807, 2.05) is 30.1 Å². The van der Waals surface area contributed by atoms with Crippen LogP contribution in [0, 0.1) is 0 Å². The Balaban J connectivity index is 1.48. The predicted octanol–water partition coefficient (Wildman–Crippen LogP) is 3.28. The van der Waals surface area contributed by atoms with E-state index in [2.05, 4.69) is 10.3 Å². The van der Waals surface area contributed by atoms with Crippen LogP contribution in [0.1, 0.15) is 33.3 Å². The van der Waals surface area contributed by atoms with Crippen LogP contribution in [0.3, 0.4) is 0 Å². The van der Waals surface area contributed by atoms with E-state index in [9.17, 15) is 14.7 Å². The van der Waals surface area contributed by atoms with Gasteiger partial charge in [-0.05, 0) is 36.9 Å². The second kappa shape index (κ2) is 10.2. The molecule has 9 heteroatoms. The van der Waals surface area contributed by atoms with E-state index < -0.39 is 17.4 Å². The van der Waals surface area contributed by atoms with Gasteiger partial charge in [0.1, 0.15) is 11.3 Å². The molecule has 34 heavy (non-hydrogen) atoms. The molecule has 4 aromatic rings. The largest absolute Gasteiger partial charge is 0.443 e. The molecule has 2 N–H and O–H groups in total. The van der Waals surface area contributed by atoms with Crippen LogP contribution < -0.4 is 10.7 Å². The standard InChI is InChI=1S/C25H25ClN4O4/c1-29(15-22(31)17-4-3-9-27-12-17)13-19-10-20-23(32)21(14-30(2)25(20)34-19)24(33)28-11-16-5-7-18(26)8-6-16/h3-10,12,14,22,31H,11,13,15H2,1-2H3,(H,28,33)/t22-/m0/s1. The molecule has 8 nitrogen and oxygen atoms in total. The van der Waals surface area contributed by atoms with Gasteiger partial charge in [-0.15, -0.1) is 0 Å². The van der Waals surface area contributed by atoms with Gasteiger partial charge < -0.3 is 19.4 Å². The van der Waals surface area contributed by atoms with Gasteiger partial charge in [0.15, 0.2) is 0 Å². The van der Waals surface area contributed by atoms with Crippen molar-refractivity contribution in [2.45, 2.75) is 19.2 Å². The van der Waals surface area contributed by atoms with Crippen molar-refractivity contribution in [3.8, 4) is 0 Å². The summed E-state index contributed by atoms with van der Waals surface area (Å²) in [4.78, 5) is 31.7. The van der Waals surface area contributed by atoms with Crippen LogP contribution in [0.5, 0.6) is 0 Å². The Labute approximate surface area is 201 Å². The molecule has 1 amide bonds. The summed E-state index contributed by atoms with van der Waals surface area (Å²) in [6.45, 7) is 1.01. The Bertz CT molecular complexity index is 1350. The number of halogens is 1. The number of likely N-dealkylation sites (N-methyl/N-ethyl adjacent to an activating group) is 1. The molecular formula is C25H25ClN4O4. The maximum Gasteiger partial charge on any atom is 0.257 e. The van der Waals surface area contributed by atoms with Crippen LogP contribution in [-0.4, -0.2) is 39.1 Å². The van der Waals surface area contributed by atoms with E-state index >= 15 is 0 Å². The monoisotopic (exact) mass is 480 g/mol. The van der Waals surface area contributed by atoms with Crippen LogP contribution in [0.4, 0.5) is 0 Å². The molecule has 0 aliphatic rings. The highest BCUT2D eigenvalue weighted by Crippen LogP contribution is 2.20. The summed E-state index contributed by atoms with van der Waals surface area (Å²) in [7, 11) is 3.57. The number of aromatic nitrogens is 2. The van der Waals surface area contributed by atoms with E-state index in [0.717, 1.165) is 11.1 Å². The summed E-state index contributed by atoms with van der Waals surface area (Å²) in [5.41, 5.74) is 1.63. The minimum Gasteiger partial charge on any atom is -0.443 e. The first-order valence-corrected chi connectivity index (χ1v) is 11.1. The first kappa shape index (κ1) is 23.7. The summed E-state index contributed by atoms with van der Waals surface area (Å²) in [6, 6.07) is 12.4. The molecular weight excluding hydrogens is 456 g/mol. The summed E-state index contributed by atoms with van der Waals surface area (Å²) in [5, 5.41) is 14.1. The fraction of sp³-hybridized carbons (Fsp3) is 0.240. The van der Waals surface area contributed by atoms with E-state index in [1.54, 1.807) is 48.3 Å². The Morgan fingerprint density at radius 1 is 1.29 bits per heavy atom. The number of hydrogen-bond acceptors (Lipinski definition) is 6. The molecule has 0 unspecified atom stereocenters. The number of aliphatic hydroxyl groups excluding tert-OH is 1. The van der Waals surface area contributed by atoms with Crippen molar-refractivity contribution in [2.24, 2.45) is 7.05 Å². The van der Waals surface area contributed by atoms with E-state index in [-0.39, 0.29) is 12.1 Å². The molecule has 1 aromatic carbocycles. The smallest absolute Gasteiger partial charge is 0.257 e. The third kappa shape index (κ3) is 5.36. The van der Waals surface area contributed by atoms with Gasteiger partial charge in [-0.2, -0.15) is 0 Å². The van der Waals surface area contributed by atoms with Gasteiger partial charge in [0.2, 0.25) is 11.1 Å². The maximum atomic E-state index is 13.0. The van der Waals surface area contributed by atoms with Crippen molar-refractivity contribution in [2.75, 3.05) is 13.6 Å². The quantitative estimate of drug-likeness (QED) is 0.401. The number of rotatable bonds is 8. The normalized spacial score (nSPS) is 12.3. The Kier molecular flexibility index (Phi) is 7.12. The van der Waals surface area contributed by atoms with Gasteiger partial charge in [-0.3, -0.25) is 19.5 Å². The van der Waals surface area contributed by atoms with Crippen LogP contribution >= 0.6 is 11.6 Å². The van der Waals surface area contributed by atoms with Gasteiger partial charge >= 0.3 is 0 Å². The Morgan fingerprint density at radius 3 is 2.76 bits per heavy atom. The van der Waals surface area contributed by atoms with E-state index in [0.29, 0.717) is 35.0 Å². The number of furan rings is 1. The van der Waals surface area contributed by atoms with Crippen molar-refractivity contribution in [3.63, 3.8) is 0 Å². The molecule has 0 saturated heterocycles. The number of pyridine rings is 2. The van der Waals surface area contributed by atoms with Crippen molar-refractivity contribution < 1.29 is 14.3 Å². The molecule has 4 rings (SSSR count). The third-order valence-corrected chi connectivity index (χ3v) is 5.74. The number of nitrogens with one attached hydrogen (secondary N) is 1. The molecule has 0 aliphatic heterocycles. The molecule has 0 bridgehead atoms. The second-order valence-corrected chi connectivity index (χ2v) is 8.66. The first-order chi connectivity index (χ1) is 16.3. The molecule has 0 radical (unpaired) electrons. The van der Waals surface area contributed by atoms with E-state index in [1.165, 1.54) is 6.20 Å². The van der Waals surface area contributed by atoms with E-state index in [4.69, 9.17) is 16.0 Å². The lowest BCUT2D eigenvalue weighted by Crippen LogP contribution is -2.29.